The van der Waals surface area contributed by atoms with Crippen molar-refractivity contribution in [2.75, 3.05) is 0 Å². The summed E-state index contributed by atoms with van der Waals surface area (Å²) in [7, 11) is 0. The average molecular weight is 733 g/mol. The van der Waals surface area contributed by atoms with Crippen molar-refractivity contribution < 1.29 is 4.39 Å². The van der Waals surface area contributed by atoms with Gasteiger partial charge in [0.1, 0.15) is 5.82 Å². The standard InChI is InChI=1S/C52H33FN4/c53-41-13-9-11-37(31-41)35-22-20-34(21-23-35)36-10-8-12-40(30-36)47-28-29-54-52(55-47)57-49-19-7-5-17-44(49)46-32-38(25-27-50(46)57)39-24-26-45-43-16-4-6-18-48(43)56(51(45)33-39)42-14-2-1-3-15-42/h1-33H. The van der Waals surface area contributed by atoms with E-state index in [1.54, 1.807) is 12.1 Å². The average Bonchev–Trinajstić information content (AvgIpc) is 3.79. The van der Waals surface area contributed by atoms with Crippen LogP contribution in [-0.4, -0.2) is 19.1 Å². The Balaban J connectivity index is 0.984. The van der Waals surface area contributed by atoms with E-state index in [1.165, 1.54) is 27.9 Å². The number of hydrogen-bond donors (Lipinski definition) is 0. The SMILES string of the molecule is Fc1cccc(-c2ccc(-c3cccc(-c4ccnc(-n5c6ccccc6c6cc(-c7ccc8c9ccccc9n(-c9ccccc9)c8c7)ccc65)n4)c3)cc2)c1. The molecule has 0 amide bonds. The van der Waals surface area contributed by atoms with Crippen LogP contribution in [0, 0.1) is 5.82 Å². The highest BCUT2D eigenvalue weighted by Crippen LogP contribution is 2.38. The summed E-state index contributed by atoms with van der Waals surface area (Å²) in [5.41, 5.74) is 13.7. The molecule has 0 unspecified atom stereocenters. The van der Waals surface area contributed by atoms with E-state index in [1.807, 2.05) is 30.5 Å². The highest BCUT2D eigenvalue weighted by atomic mass is 19.1. The Morgan fingerprint density at radius 1 is 0.351 bits per heavy atom. The number of rotatable bonds is 6. The van der Waals surface area contributed by atoms with Crippen LogP contribution in [0.5, 0.6) is 0 Å². The van der Waals surface area contributed by atoms with Gasteiger partial charge < -0.3 is 4.57 Å². The van der Waals surface area contributed by atoms with Gasteiger partial charge in [0, 0.05) is 39.0 Å². The first kappa shape index (κ1) is 32.8. The van der Waals surface area contributed by atoms with Crippen LogP contribution in [-0.2, 0) is 0 Å². The summed E-state index contributed by atoms with van der Waals surface area (Å²) in [6, 6.07) is 66.6. The number of para-hydroxylation sites is 3. The summed E-state index contributed by atoms with van der Waals surface area (Å²) >= 11 is 0. The fraction of sp³-hybridized carbons (Fsp3) is 0. The molecule has 4 nitrogen and oxygen atoms in total. The van der Waals surface area contributed by atoms with Crippen molar-refractivity contribution >= 4 is 43.6 Å². The smallest absolute Gasteiger partial charge is 0.235 e. The molecule has 0 aliphatic rings. The molecule has 0 aliphatic carbocycles. The van der Waals surface area contributed by atoms with Crippen LogP contribution in [0.4, 0.5) is 4.39 Å². The molecule has 0 atom stereocenters. The molecule has 0 radical (unpaired) electrons. The molecule has 0 bridgehead atoms. The Morgan fingerprint density at radius 2 is 0.912 bits per heavy atom. The lowest BCUT2D eigenvalue weighted by atomic mass is 9.98. The number of halogens is 1. The highest BCUT2D eigenvalue weighted by molar-refractivity contribution is 6.12. The van der Waals surface area contributed by atoms with Gasteiger partial charge in [-0.3, -0.25) is 4.57 Å². The monoisotopic (exact) mass is 732 g/mol. The van der Waals surface area contributed by atoms with E-state index in [9.17, 15) is 4.39 Å². The van der Waals surface area contributed by atoms with Crippen molar-refractivity contribution in [1.29, 1.82) is 0 Å². The topological polar surface area (TPSA) is 35.6 Å². The third-order valence-corrected chi connectivity index (χ3v) is 11.1. The lowest BCUT2D eigenvalue weighted by Gasteiger charge is -2.10. The summed E-state index contributed by atoms with van der Waals surface area (Å²) in [4.78, 5) is 10.00. The maximum absolute atomic E-state index is 13.9. The fourth-order valence-electron chi connectivity index (χ4n) is 8.37. The van der Waals surface area contributed by atoms with Gasteiger partial charge in [-0.15, -0.1) is 0 Å². The predicted molar refractivity (Wildman–Crippen MR) is 232 cm³/mol. The van der Waals surface area contributed by atoms with E-state index in [0.29, 0.717) is 5.95 Å². The van der Waals surface area contributed by atoms with Gasteiger partial charge in [-0.25, -0.2) is 14.4 Å². The van der Waals surface area contributed by atoms with Crippen LogP contribution >= 0.6 is 0 Å². The van der Waals surface area contributed by atoms with E-state index < -0.39 is 0 Å². The number of hydrogen-bond acceptors (Lipinski definition) is 2. The number of fused-ring (bicyclic) bond motifs is 6. The molecule has 57 heavy (non-hydrogen) atoms. The van der Waals surface area contributed by atoms with Gasteiger partial charge in [-0.2, -0.15) is 0 Å². The van der Waals surface area contributed by atoms with Crippen molar-refractivity contribution in [2.45, 2.75) is 0 Å². The second-order valence-electron chi connectivity index (χ2n) is 14.4. The zero-order chi connectivity index (χ0) is 37.9. The molecule has 0 spiro atoms. The van der Waals surface area contributed by atoms with Gasteiger partial charge in [-0.05, 0) is 100 Å². The number of aromatic nitrogens is 4. The van der Waals surface area contributed by atoms with Crippen molar-refractivity contribution in [3.8, 4) is 56.3 Å². The quantitative estimate of drug-likeness (QED) is 0.171. The van der Waals surface area contributed by atoms with Gasteiger partial charge in [0.05, 0.1) is 27.8 Å². The molecule has 0 saturated heterocycles. The van der Waals surface area contributed by atoms with Crippen molar-refractivity contribution in [3.63, 3.8) is 0 Å². The van der Waals surface area contributed by atoms with Crippen LogP contribution in [0.2, 0.25) is 0 Å². The molecule has 5 heteroatoms. The minimum absolute atomic E-state index is 0.239. The molecule has 3 heterocycles. The van der Waals surface area contributed by atoms with Crippen molar-refractivity contribution in [3.05, 3.63) is 206 Å². The molecule has 0 N–H and O–H groups in total. The first-order valence-electron chi connectivity index (χ1n) is 19.1. The molecule has 11 aromatic rings. The van der Waals surface area contributed by atoms with Crippen LogP contribution in [0.15, 0.2) is 200 Å². The zero-order valence-corrected chi connectivity index (χ0v) is 30.7. The molecule has 268 valence electrons. The normalized spacial score (nSPS) is 11.6. The first-order valence-corrected chi connectivity index (χ1v) is 19.1. The minimum Gasteiger partial charge on any atom is -0.309 e. The summed E-state index contributed by atoms with van der Waals surface area (Å²) in [6.07, 6.45) is 1.84. The lowest BCUT2D eigenvalue weighted by Crippen LogP contribution is -2.01. The molecular weight excluding hydrogens is 700 g/mol. The zero-order valence-electron chi connectivity index (χ0n) is 30.7. The summed E-state index contributed by atoms with van der Waals surface area (Å²) in [5.74, 6) is 0.377. The second-order valence-corrected chi connectivity index (χ2v) is 14.4. The highest BCUT2D eigenvalue weighted by Gasteiger charge is 2.17. The summed E-state index contributed by atoms with van der Waals surface area (Å²) in [6.45, 7) is 0. The Labute approximate surface area is 328 Å². The maximum atomic E-state index is 13.9. The van der Waals surface area contributed by atoms with Crippen LogP contribution in [0.3, 0.4) is 0 Å². The van der Waals surface area contributed by atoms with Gasteiger partial charge in [0.2, 0.25) is 5.95 Å². The van der Waals surface area contributed by atoms with Gasteiger partial charge in [-0.1, -0.05) is 127 Å². The molecule has 3 aromatic heterocycles. The van der Waals surface area contributed by atoms with E-state index in [2.05, 4.69) is 161 Å². The van der Waals surface area contributed by atoms with Crippen molar-refractivity contribution in [2.24, 2.45) is 0 Å². The van der Waals surface area contributed by atoms with Crippen LogP contribution in [0.25, 0.3) is 99.9 Å². The minimum atomic E-state index is -0.239. The van der Waals surface area contributed by atoms with Crippen molar-refractivity contribution in [1.82, 2.24) is 19.1 Å². The Morgan fingerprint density at radius 3 is 1.68 bits per heavy atom. The van der Waals surface area contributed by atoms with Gasteiger partial charge in [0.15, 0.2) is 0 Å². The molecule has 11 rings (SSSR count). The summed E-state index contributed by atoms with van der Waals surface area (Å²) < 4.78 is 18.4. The Kier molecular flexibility index (Phi) is 7.64. The molecular formula is C52H33FN4. The Hall–Kier alpha value is -7.63. The second kappa shape index (κ2) is 13.3. The Bertz CT molecular complexity index is 3300. The molecule has 0 aliphatic heterocycles. The number of benzene rings is 8. The van der Waals surface area contributed by atoms with Gasteiger partial charge >= 0.3 is 0 Å². The molecule has 0 fully saturated rings. The van der Waals surface area contributed by atoms with Crippen LogP contribution in [0.1, 0.15) is 0 Å². The maximum Gasteiger partial charge on any atom is 0.235 e. The van der Waals surface area contributed by atoms with E-state index in [4.69, 9.17) is 9.97 Å². The number of nitrogens with zero attached hydrogens (tertiary/aromatic N) is 4. The molecule has 0 saturated carbocycles. The predicted octanol–water partition coefficient (Wildman–Crippen LogP) is 13.5. The van der Waals surface area contributed by atoms with E-state index in [-0.39, 0.29) is 5.82 Å². The molecule has 8 aromatic carbocycles. The third kappa shape index (κ3) is 5.59. The third-order valence-electron chi connectivity index (χ3n) is 11.1. The first-order chi connectivity index (χ1) is 28.2. The van der Waals surface area contributed by atoms with E-state index >= 15 is 0 Å². The van der Waals surface area contributed by atoms with Crippen LogP contribution < -0.4 is 0 Å². The fourth-order valence-corrected chi connectivity index (χ4v) is 8.37. The largest absolute Gasteiger partial charge is 0.309 e. The van der Waals surface area contributed by atoms with E-state index in [0.717, 1.165) is 72.1 Å². The summed E-state index contributed by atoms with van der Waals surface area (Å²) in [5, 5.41) is 4.76. The lowest BCUT2D eigenvalue weighted by molar-refractivity contribution is 0.628. The van der Waals surface area contributed by atoms with Gasteiger partial charge in [0.25, 0.3) is 0 Å².